The largest absolute Gasteiger partial charge is 0.507 e. The van der Waals surface area contributed by atoms with Crippen LogP contribution in [-0.4, -0.2) is 18.4 Å². The monoisotopic (exact) mass is 179 g/mol. The molecule has 0 aromatic heterocycles. The first-order chi connectivity index (χ1) is 6.15. The van der Waals surface area contributed by atoms with E-state index in [0.29, 0.717) is 5.75 Å². The number of nitrogens with zero attached hydrogens (tertiary/aromatic N) is 1. The average Bonchev–Trinajstić information content (AvgIpc) is 2.10. The van der Waals surface area contributed by atoms with Gasteiger partial charge in [0.25, 0.3) is 0 Å². The summed E-state index contributed by atoms with van der Waals surface area (Å²) in [6.07, 6.45) is 1.61. The molecule has 70 valence electrons. The lowest BCUT2D eigenvalue weighted by molar-refractivity contribution is 0.215. The van der Waals surface area contributed by atoms with E-state index >= 15 is 0 Å². The zero-order valence-electron chi connectivity index (χ0n) is 8.03. The van der Waals surface area contributed by atoms with Crippen molar-refractivity contribution in [1.29, 1.82) is 0 Å². The van der Waals surface area contributed by atoms with Crippen LogP contribution in [0.15, 0.2) is 17.3 Å². The molecule has 0 aliphatic carbocycles. The Bertz CT molecular complexity index is 309. The molecule has 0 aliphatic heterocycles. The van der Waals surface area contributed by atoms with Gasteiger partial charge in [0.15, 0.2) is 0 Å². The Morgan fingerprint density at radius 3 is 2.31 bits per heavy atom. The van der Waals surface area contributed by atoms with Crippen molar-refractivity contribution >= 4 is 6.21 Å². The van der Waals surface area contributed by atoms with Crippen LogP contribution in [0.3, 0.4) is 0 Å². The van der Waals surface area contributed by atoms with Gasteiger partial charge in [0.1, 0.15) is 12.9 Å². The highest BCUT2D eigenvalue weighted by Gasteiger charge is 2.01. The van der Waals surface area contributed by atoms with E-state index in [1.54, 1.807) is 6.21 Å². The number of rotatable bonds is 2. The highest BCUT2D eigenvalue weighted by molar-refractivity contribution is 5.80. The summed E-state index contributed by atoms with van der Waals surface area (Å²) < 4.78 is 0. The maximum absolute atomic E-state index is 9.48. The molecule has 0 bridgehead atoms. The number of phenolic OH excluding ortho intramolecular Hbond substituents is 1. The number of oxime groups is 1. The standard InChI is InChI=1S/C10H13NO2/c1-7-4-9(6-11-13-3)5-8(2)10(7)12/h4-6,12H,1-3H3/b11-6+. The minimum absolute atomic E-state index is 0.342. The first-order valence-electron chi connectivity index (χ1n) is 4.02. The van der Waals surface area contributed by atoms with E-state index in [1.807, 2.05) is 26.0 Å². The van der Waals surface area contributed by atoms with Crippen LogP contribution >= 0.6 is 0 Å². The van der Waals surface area contributed by atoms with Crippen molar-refractivity contribution in [2.75, 3.05) is 7.11 Å². The van der Waals surface area contributed by atoms with Crippen molar-refractivity contribution in [3.63, 3.8) is 0 Å². The second-order valence-corrected chi connectivity index (χ2v) is 2.92. The fourth-order valence-corrected chi connectivity index (χ4v) is 1.18. The van der Waals surface area contributed by atoms with Crippen molar-refractivity contribution in [2.24, 2.45) is 5.16 Å². The van der Waals surface area contributed by atoms with Gasteiger partial charge >= 0.3 is 0 Å². The second kappa shape index (κ2) is 3.94. The third kappa shape index (κ3) is 2.21. The van der Waals surface area contributed by atoms with E-state index in [9.17, 15) is 5.11 Å². The molecule has 0 saturated heterocycles. The minimum atomic E-state index is 0.342. The van der Waals surface area contributed by atoms with Crippen LogP contribution in [0.2, 0.25) is 0 Å². The predicted molar refractivity (Wildman–Crippen MR) is 52.2 cm³/mol. The van der Waals surface area contributed by atoms with Gasteiger partial charge in [-0.15, -0.1) is 0 Å². The summed E-state index contributed by atoms with van der Waals surface area (Å²) in [6, 6.07) is 3.70. The van der Waals surface area contributed by atoms with Gasteiger partial charge in [0.05, 0.1) is 6.21 Å². The number of benzene rings is 1. The van der Waals surface area contributed by atoms with Crippen LogP contribution < -0.4 is 0 Å². The highest BCUT2D eigenvalue weighted by Crippen LogP contribution is 2.21. The second-order valence-electron chi connectivity index (χ2n) is 2.92. The summed E-state index contributed by atoms with van der Waals surface area (Å²) in [5.41, 5.74) is 2.62. The van der Waals surface area contributed by atoms with Crippen molar-refractivity contribution < 1.29 is 9.94 Å². The number of hydrogen-bond donors (Lipinski definition) is 1. The van der Waals surface area contributed by atoms with Gasteiger partial charge in [-0.1, -0.05) is 5.16 Å². The molecule has 0 saturated carbocycles. The Morgan fingerprint density at radius 1 is 1.31 bits per heavy atom. The summed E-state index contributed by atoms with van der Waals surface area (Å²) in [6.45, 7) is 3.71. The fourth-order valence-electron chi connectivity index (χ4n) is 1.18. The van der Waals surface area contributed by atoms with Gasteiger partial charge in [0, 0.05) is 0 Å². The van der Waals surface area contributed by atoms with Crippen LogP contribution in [0.25, 0.3) is 0 Å². The molecule has 1 aromatic carbocycles. The summed E-state index contributed by atoms with van der Waals surface area (Å²) in [5, 5.41) is 13.1. The smallest absolute Gasteiger partial charge is 0.121 e. The first kappa shape index (κ1) is 9.58. The van der Waals surface area contributed by atoms with Crippen molar-refractivity contribution in [3.8, 4) is 5.75 Å². The summed E-state index contributed by atoms with van der Waals surface area (Å²) in [5.74, 6) is 0.342. The van der Waals surface area contributed by atoms with Gasteiger partial charge in [-0.2, -0.15) is 0 Å². The molecule has 3 heteroatoms. The Kier molecular flexibility index (Phi) is 2.90. The van der Waals surface area contributed by atoms with Crippen LogP contribution in [0, 0.1) is 13.8 Å². The molecule has 0 atom stereocenters. The molecule has 1 rings (SSSR count). The maximum atomic E-state index is 9.48. The predicted octanol–water partition coefficient (Wildman–Crippen LogP) is 1.99. The quantitative estimate of drug-likeness (QED) is 0.557. The average molecular weight is 179 g/mol. The van der Waals surface area contributed by atoms with Crippen LogP contribution in [0.4, 0.5) is 0 Å². The molecular formula is C10H13NO2. The summed E-state index contributed by atoms with van der Waals surface area (Å²) >= 11 is 0. The SMILES string of the molecule is CO/N=C/c1cc(C)c(O)c(C)c1. The van der Waals surface area contributed by atoms with Gasteiger partial charge in [-0.25, -0.2) is 0 Å². The molecule has 0 radical (unpaired) electrons. The van der Waals surface area contributed by atoms with Crippen LogP contribution in [0.5, 0.6) is 5.75 Å². The molecular weight excluding hydrogens is 166 g/mol. The summed E-state index contributed by atoms with van der Waals surface area (Å²) in [4.78, 5) is 4.56. The molecule has 0 aliphatic rings. The molecule has 1 N–H and O–H groups in total. The zero-order chi connectivity index (χ0) is 9.84. The normalized spacial score (nSPS) is 10.7. The van der Waals surface area contributed by atoms with Gasteiger partial charge in [0.2, 0.25) is 0 Å². The van der Waals surface area contributed by atoms with E-state index < -0.39 is 0 Å². The van der Waals surface area contributed by atoms with E-state index in [2.05, 4.69) is 9.99 Å². The molecule has 3 nitrogen and oxygen atoms in total. The van der Waals surface area contributed by atoms with E-state index in [1.165, 1.54) is 7.11 Å². The van der Waals surface area contributed by atoms with Gasteiger partial charge < -0.3 is 9.94 Å². The number of phenols is 1. The maximum Gasteiger partial charge on any atom is 0.121 e. The Hall–Kier alpha value is -1.51. The number of hydrogen-bond acceptors (Lipinski definition) is 3. The van der Waals surface area contributed by atoms with E-state index in [4.69, 9.17) is 0 Å². The lowest BCUT2D eigenvalue weighted by atomic mass is 10.1. The topological polar surface area (TPSA) is 41.8 Å². The molecule has 0 spiro atoms. The fraction of sp³-hybridized carbons (Fsp3) is 0.300. The van der Waals surface area contributed by atoms with Crippen LogP contribution in [-0.2, 0) is 4.84 Å². The molecule has 0 unspecified atom stereocenters. The lowest BCUT2D eigenvalue weighted by Gasteiger charge is -2.03. The van der Waals surface area contributed by atoms with E-state index in [0.717, 1.165) is 16.7 Å². The lowest BCUT2D eigenvalue weighted by Crippen LogP contribution is -1.87. The minimum Gasteiger partial charge on any atom is -0.507 e. The Balaban J connectivity index is 3.06. The molecule has 1 aromatic rings. The zero-order valence-corrected chi connectivity index (χ0v) is 8.03. The van der Waals surface area contributed by atoms with Gasteiger partial charge in [-0.05, 0) is 42.7 Å². The number of aromatic hydroxyl groups is 1. The third-order valence-electron chi connectivity index (χ3n) is 1.82. The Labute approximate surface area is 77.6 Å². The third-order valence-corrected chi connectivity index (χ3v) is 1.82. The molecule has 0 amide bonds. The first-order valence-corrected chi connectivity index (χ1v) is 4.02. The van der Waals surface area contributed by atoms with Crippen molar-refractivity contribution in [3.05, 3.63) is 28.8 Å². The van der Waals surface area contributed by atoms with Crippen LogP contribution in [0.1, 0.15) is 16.7 Å². The van der Waals surface area contributed by atoms with Crippen molar-refractivity contribution in [2.45, 2.75) is 13.8 Å². The van der Waals surface area contributed by atoms with Gasteiger partial charge in [-0.3, -0.25) is 0 Å². The highest BCUT2D eigenvalue weighted by atomic mass is 16.6. The number of aryl methyl sites for hydroxylation is 2. The molecule has 0 fully saturated rings. The van der Waals surface area contributed by atoms with Crippen molar-refractivity contribution in [1.82, 2.24) is 0 Å². The van der Waals surface area contributed by atoms with E-state index in [-0.39, 0.29) is 0 Å². The Morgan fingerprint density at radius 2 is 1.85 bits per heavy atom. The molecule has 0 heterocycles. The summed E-state index contributed by atoms with van der Waals surface area (Å²) in [7, 11) is 1.50. The molecule has 13 heavy (non-hydrogen) atoms.